The lowest BCUT2D eigenvalue weighted by atomic mass is 9.87. The van der Waals surface area contributed by atoms with Gasteiger partial charge in [0.1, 0.15) is 6.61 Å². The summed E-state index contributed by atoms with van der Waals surface area (Å²) in [6.07, 6.45) is -0.396. The lowest BCUT2D eigenvalue weighted by Gasteiger charge is -2.02. The van der Waals surface area contributed by atoms with Crippen molar-refractivity contribution in [3.8, 4) is 0 Å². The maximum absolute atomic E-state index is 10.6. The molecule has 0 amide bonds. The second-order valence-corrected chi connectivity index (χ2v) is 2.30. The zero-order chi connectivity index (χ0) is 8.85. The molecule has 0 heterocycles. The van der Waals surface area contributed by atoms with Gasteiger partial charge in [-0.3, -0.25) is 4.79 Å². The second kappa shape index (κ2) is 4.93. The molecule has 2 N–H and O–H groups in total. The molecule has 0 aliphatic carbocycles. The summed E-state index contributed by atoms with van der Waals surface area (Å²) in [7, 11) is -1.63. The van der Waals surface area contributed by atoms with Gasteiger partial charge in [-0.15, -0.1) is 0 Å². The Kier molecular flexibility index (Phi) is 4.57. The number of rotatable bonds is 4. The van der Waals surface area contributed by atoms with Crippen molar-refractivity contribution in [2.45, 2.75) is 13.2 Å². The van der Waals surface area contributed by atoms with E-state index in [1.165, 1.54) is 0 Å². The van der Waals surface area contributed by atoms with Crippen LogP contribution in [0, 0.1) is 0 Å². The Morgan fingerprint density at radius 3 is 2.55 bits per heavy atom. The maximum Gasteiger partial charge on any atom is 0.463 e. The molecule has 5 heteroatoms. The number of carbonyl (C=O) groups excluding carboxylic acids is 1. The van der Waals surface area contributed by atoms with Crippen LogP contribution in [0.3, 0.4) is 0 Å². The van der Waals surface area contributed by atoms with Crippen molar-refractivity contribution in [2.24, 2.45) is 0 Å². The third-order valence-electron chi connectivity index (χ3n) is 0.829. The van der Waals surface area contributed by atoms with Gasteiger partial charge in [0.05, 0.1) is 6.32 Å². The quantitative estimate of drug-likeness (QED) is 0.331. The van der Waals surface area contributed by atoms with Gasteiger partial charge in [-0.2, -0.15) is 0 Å². The van der Waals surface area contributed by atoms with Crippen LogP contribution >= 0.6 is 0 Å². The molecule has 0 unspecified atom stereocenters. The summed E-state index contributed by atoms with van der Waals surface area (Å²) in [5.41, 5.74) is 0.714. The van der Waals surface area contributed by atoms with Crippen molar-refractivity contribution >= 4 is 13.1 Å². The molecule has 0 aromatic carbocycles. The van der Waals surface area contributed by atoms with Gasteiger partial charge < -0.3 is 14.8 Å². The maximum atomic E-state index is 10.6. The van der Waals surface area contributed by atoms with E-state index in [0.717, 1.165) is 0 Å². The Morgan fingerprint density at radius 2 is 2.18 bits per heavy atom. The van der Waals surface area contributed by atoms with E-state index in [9.17, 15) is 4.79 Å². The largest absolute Gasteiger partial charge is 0.463 e. The highest BCUT2D eigenvalue weighted by atomic mass is 16.5. The van der Waals surface area contributed by atoms with E-state index in [2.05, 4.69) is 11.3 Å². The first-order valence-corrected chi connectivity index (χ1v) is 3.18. The van der Waals surface area contributed by atoms with Crippen molar-refractivity contribution in [2.75, 3.05) is 6.61 Å². The molecule has 0 aliphatic heterocycles. The SMILES string of the molecule is C=C(C)COC(=O)CB(O)O. The summed E-state index contributed by atoms with van der Waals surface area (Å²) >= 11 is 0. The Labute approximate surface area is 65.6 Å². The predicted molar refractivity (Wildman–Crippen MR) is 40.8 cm³/mol. The zero-order valence-corrected chi connectivity index (χ0v) is 6.41. The van der Waals surface area contributed by atoms with Crippen LogP contribution in [-0.4, -0.2) is 29.7 Å². The fourth-order valence-corrected chi connectivity index (χ4v) is 0.412. The van der Waals surface area contributed by atoms with Crippen molar-refractivity contribution in [3.63, 3.8) is 0 Å². The highest BCUT2D eigenvalue weighted by molar-refractivity contribution is 6.45. The minimum absolute atomic E-state index is 0.131. The standard InChI is InChI=1S/C6H11BO4/c1-5(2)4-11-6(8)3-7(9)10/h9-10H,1,3-4H2,2H3. The lowest BCUT2D eigenvalue weighted by Crippen LogP contribution is -2.18. The first kappa shape index (κ1) is 10.2. The third-order valence-corrected chi connectivity index (χ3v) is 0.829. The Balaban J connectivity index is 3.45. The van der Waals surface area contributed by atoms with E-state index in [-0.39, 0.29) is 6.61 Å². The van der Waals surface area contributed by atoms with Gasteiger partial charge in [-0.05, 0) is 12.5 Å². The summed E-state index contributed by atoms with van der Waals surface area (Å²) in [6.45, 7) is 5.35. The first-order chi connectivity index (χ1) is 5.02. The van der Waals surface area contributed by atoms with Crippen LogP contribution in [-0.2, 0) is 9.53 Å². The van der Waals surface area contributed by atoms with Gasteiger partial charge in [0.15, 0.2) is 0 Å². The van der Waals surface area contributed by atoms with E-state index in [1.807, 2.05) is 0 Å². The molecule has 0 bridgehead atoms. The highest BCUT2D eigenvalue weighted by Crippen LogP contribution is 1.93. The molecular weight excluding hydrogens is 147 g/mol. The van der Waals surface area contributed by atoms with Crippen LogP contribution in [0.15, 0.2) is 12.2 Å². The summed E-state index contributed by atoms with van der Waals surface area (Å²) < 4.78 is 4.56. The number of carbonyl (C=O) groups is 1. The van der Waals surface area contributed by atoms with E-state index in [4.69, 9.17) is 10.0 Å². The van der Waals surface area contributed by atoms with Crippen molar-refractivity contribution in [3.05, 3.63) is 12.2 Å². The predicted octanol–water partition coefficient (Wildman–Crippen LogP) is -0.421. The Bertz CT molecular complexity index is 155. The Morgan fingerprint density at radius 1 is 1.64 bits per heavy atom. The first-order valence-electron chi connectivity index (χ1n) is 3.18. The second-order valence-electron chi connectivity index (χ2n) is 2.30. The van der Waals surface area contributed by atoms with Crippen LogP contribution in [0.5, 0.6) is 0 Å². The molecule has 62 valence electrons. The summed E-state index contributed by atoms with van der Waals surface area (Å²) in [6, 6.07) is 0. The molecule has 4 nitrogen and oxygen atoms in total. The lowest BCUT2D eigenvalue weighted by molar-refractivity contribution is -0.140. The van der Waals surface area contributed by atoms with Gasteiger partial charge in [0.2, 0.25) is 0 Å². The summed E-state index contributed by atoms with van der Waals surface area (Å²) in [5.74, 6) is -0.636. The minimum atomic E-state index is -1.63. The average Bonchev–Trinajstić information content (AvgIpc) is 1.82. The number of esters is 1. The van der Waals surface area contributed by atoms with Gasteiger partial charge in [-0.1, -0.05) is 6.58 Å². The van der Waals surface area contributed by atoms with Crippen molar-refractivity contribution in [1.29, 1.82) is 0 Å². The van der Waals surface area contributed by atoms with Crippen LogP contribution in [0.4, 0.5) is 0 Å². The number of hydrogen-bond donors (Lipinski definition) is 2. The molecule has 0 radical (unpaired) electrons. The van der Waals surface area contributed by atoms with E-state index < -0.39 is 19.4 Å². The molecular formula is C6H11BO4. The van der Waals surface area contributed by atoms with Crippen LogP contribution in [0.25, 0.3) is 0 Å². The van der Waals surface area contributed by atoms with Crippen LogP contribution in [0.1, 0.15) is 6.92 Å². The molecule has 0 saturated carbocycles. The highest BCUT2D eigenvalue weighted by Gasteiger charge is 2.14. The van der Waals surface area contributed by atoms with Gasteiger partial charge in [-0.25, -0.2) is 0 Å². The molecule has 11 heavy (non-hydrogen) atoms. The molecule has 0 rings (SSSR count). The third kappa shape index (κ3) is 7.09. The van der Waals surface area contributed by atoms with E-state index in [1.54, 1.807) is 6.92 Å². The zero-order valence-electron chi connectivity index (χ0n) is 6.41. The smallest absolute Gasteiger partial charge is 0.462 e. The van der Waals surface area contributed by atoms with Crippen LogP contribution in [0.2, 0.25) is 6.32 Å². The van der Waals surface area contributed by atoms with Crippen LogP contribution < -0.4 is 0 Å². The molecule has 0 aliphatic rings. The van der Waals surface area contributed by atoms with Gasteiger partial charge >= 0.3 is 13.1 Å². The molecule has 0 atom stereocenters. The Hall–Kier alpha value is -0.805. The minimum Gasteiger partial charge on any atom is -0.462 e. The molecule has 0 spiro atoms. The summed E-state index contributed by atoms with van der Waals surface area (Å²) in [5, 5.41) is 16.6. The van der Waals surface area contributed by atoms with E-state index >= 15 is 0 Å². The molecule has 0 aromatic rings. The van der Waals surface area contributed by atoms with E-state index in [0.29, 0.717) is 5.57 Å². The topological polar surface area (TPSA) is 66.8 Å². The molecule has 0 saturated heterocycles. The van der Waals surface area contributed by atoms with Gasteiger partial charge in [0.25, 0.3) is 0 Å². The summed E-state index contributed by atoms with van der Waals surface area (Å²) in [4.78, 5) is 10.6. The number of ether oxygens (including phenoxy) is 1. The average molecular weight is 158 g/mol. The number of hydrogen-bond acceptors (Lipinski definition) is 4. The fraction of sp³-hybridized carbons (Fsp3) is 0.500. The van der Waals surface area contributed by atoms with Crippen molar-refractivity contribution < 1.29 is 19.6 Å². The molecule has 0 fully saturated rings. The molecule has 0 aromatic heterocycles. The van der Waals surface area contributed by atoms with Crippen molar-refractivity contribution in [1.82, 2.24) is 0 Å². The fourth-order valence-electron chi connectivity index (χ4n) is 0.412. The van der Waals surface area contributed by atoms with Gasteiger partial charge in [0, 0.05) is 0 Å². The monoisotopic (exact) mass is 158 g/mol. The normalized spacial score (nSPS) is 9.00.